The van der Waals surface area contributed by atoms with E-state index in [2.05, 4.69) is 30.4 Å². The van der Waals surface area contributed by atoms with Crippen molar-refractivity contribution in [1.82, 2.24) is 25.5 Å². The molecule has 0 radical (unpaired) electrons. The van der Waals surface area contributed by atoms with Gasteiger partial charge in [-0.2, -0.15) is 4.98 Å². The van der Waals surface area contributed by atoms with Gasteiger partial charge in [0.1, 0.15) is 5.69 Å². The lowest BCUT2D eigenvalue weighted by Gasteiger charge is -2.16. The van der Waals surface area contributed by atoms with Gasteiger partial charge in [-0.05, 0) is 32.0 Å². The molecule has 3 heterocycles. The highest BCUT2D eigenvalue weighted by Gasteiger charge is 2.15. The fourth-order valence-electron chi connectivity index (χ4n) is 2.23. The molecule has 100 valence electrons. The average Bonchev–Trinajstić information content (AvgIpc) is 2.75. The second-order valence-corrected chi connectivity index (χ2v) is 4.74. The Balaban J connectivity index is 1.82. The van der Waals surface area contributed by atoms with Crippen LogP contribution in [-0.2, 0) is 0 Å². The molecule has 2 N–H and O–H groups in total. The molecule has 6 nitrogen and oxygen atoms in total. The molecule has 3 rings (SSSR count). The van der Waals surface area contributed by atoms with E-state index < -0.39 is 0 Å². The molecular weight excluding hydrogens is 240 g/mol. The summed E-state index contributed by atoms with van der Waals surface area (Å²) in [5.41, 5.74) is 1.82. The number of nitrogens with one attached hydrogen (secondary N) is 2. The molecular formula is C13H18N6. The summed E-state index contributed by atoms with van der Waals surface area (Å²) in [4.78, 5) is 11.2. The van der Waals surface area contributed by atoms with Gasteiger partial charge in [-0.25, -0.2) is 4.98 Å². The van der Waals surface area contributed by atoms with Crippen molar-refractivity contribution in [3.8, 4) is 11.5 Å². The van der Waals surface area contributed by atoms with Crippen LogP contribution in [0, 0.1) is 6.92 Å². The van der Waals surface area contributed by atoms with Crippen LogP contribution in [0.2, 0.25) is 0 Å². The number of pyridine rings is 1. The molecule has 1 aliphatic rings. The quantitative estimate of drug-likeness (QED) is 0.840. The molecule has 0 atom stereocenters. The fourth-order valence-corrected chi connectivity index (χ4v) is 2.23. The Hall–Kier alpha value is -1.95. The number of rotatable bonds is 2. The molecule has 0 amide bonds. The number of aryl methyl sites for hydroxylation is 1. The van der Waals surface area contributed by atoms with Crippen LogP contribution in [0.15, 0.2) is 18.2 Å². The number of hydrogen-bond acceptors (Lipinski definition) is 5. The van der Waals surface area contributed by atoms with Gasteiger partial charge in [-0.15, -0.1) is 5.10 Å². The van der Waals surface area contributed by atoms with E-state index in [0.29, 0.717) is 0 Å². The number of anilines is 1. The zero-order chi connectivity index (χ0) is 13.1. The van der Waals surface area contributed by atoms with Crippen LogP contribution in [0.5, 0.6) is 0 Å². The van der Waals surface area contributed by atoms with Crippen molar-refractivity contribution >= 4 is 5.95 Å². The fraction of sp³-hybridized carbons (Fsp3) is 0.462. The Morgan fingerprint density at radius 3 is 3.00 bits per heavy atom. The predicted octanol–water partition coefficient (Wildman–Crippen LogP) is 0.975. The lowest BCUT2D eigenvalue weighted by atomic mass is 10.3. The van der Waals surface area contributed by atoms with Crippen LogP contribution in [-0.4, -0.2) is 46.3 Å². The zero-order valence-electron chi connectivity index (χ0n) is 11.1. The van der Waals surface area contributed by atoms with E-state index in [4.69, 9.17) is 0 Å². The number of hydrogen-bond donors (Lipinski definition) is 2. The Kier molecular flexibility index (Phi) is 3.41. The zero-order valence-corrected chi connectivity index (χ0v) is 11.1. The van der Waals surface area contributed by atoms with Crippen LogP contribution in [0.1, 0.15) is 12.1 Å². The lowest BCUT2D eigenvalue weighted by Crippen LogP contribution is -2.28. The smallest absolute Gasteiger partial charge is 0.245 e. The second-order valence-electron chi connectivity index (χ2n) is 4.74. The molecule has 0 saturated carbocycles. The number of aromatic nitrogens is 4. The highest BCUT2D eigenvalue weighted by Crippen LogP contribution is 2.16. The van der Waals surface area contributed by atoms with Crippen LogP contribution in [0.25, 0.3) is 11.5 Å². The first kappa shape index (κ1) is 12.1. The average molecular weight is 258 g/mol. The Morgan fingerprint density at radius 2 is 2.11 bits per heavy atom. The Morgan fingerprint density at radius 1 is 1.16 bits per heavy atom. The number of H-pyrrole nitrogens is 1. The Labute approximate surface area is 112 Å². The van der Waals surface area contributed by atoms with E-state index in [0.717, 1.165) is 55.8 Å². The summed E-state index contributed by atoms with van der Waals surface area (Å²) in [7, 11) is 0. The third-order valence-electron chi connectivity index (χ3n) is 3.23. The SMILES string of the molecule is Cc1cccc(-c2nc(N3CCCNCC3)n[nH]2)n1. The van der Waals surface area contributed by atoms with Crippen molar-refractivity contribution in [3.63, 3.8) is 0 Å². The molecule has 6 heteroatoms. The maximum absolute atomic E-state index is 4.56. The van der Waals surface area contributed by atoms with Gasteiger partial charge in [0, 0.05) is 25.3 Å². The molecule has 1 saturated heterocycles. The molecule has 0 unspecified atom stereocenters. The summed E-state index contributed by atoms with van der Waals surface area (Å²) in [6.45, 7) is 5.95. The van der Waals surface area contributed by atoms with Crippen molar-refractivity contribution in [1.29, 1.82) is 0 Å². The van der Waals surface area contributed by atoms with Gasteiger partial charge in [0.15, 0.2) is 5.82 Å². The summed E-state index contributed by atoms with van der Waals surface area (Å²) in [6, 6.07) is 5.90. The molecule has 0 spiro atoms. The summed E-state index contributed by atoms with van der Waals surface area (Å²) in [5, 5.41) is 10.7. The molecule has 19 heavy (non-hydrogen) atoms. The lowest BCUT2D eigenvalue weighted by molar-refractivity contribution is 0.724. The van der Waals surface area contributed by atoms with Crippen molar-refractivity contribution in [2.45, 2.75) is 13.3 Å². The minimum atomic E-state index is 0.732. The summed E-state index contributed by atoms with van der Waals surface area (Å²) < 4.78 is 0. The summed E-state index contributed by atoms with van der Waals surface area (Å²) >= 11 is 0. The van der Waals surface area contributed by atoms with Crippen LogP contribution < -0.4 is 10.2 Å². The largest absolute Gasteiger partial charge is 0.338 e. The molecule has 0 bridgehead atoms. The summed E-state index contributed by atoms with van der Waals surface area (Å²) in [6.07, 6.45) is 1.12. The molecule has 2 aromatic heterocycles. The van der Waals surface area contributed by atoms with E-state index in [1.807, 2.05) is 25.1 Å². The van der Waals surface area contributed by atoms with Gasteiger partial charge >= 0.3 is 0 Å². The Bertz CT molecular complexity index is 542. The van der Waals surface area contributed by atoms with Crippen LogP contribution in [0.4, 0.5) is 5.95 Å². The van der Waals surface area contributed by atoms with Crippen molar-refractivity contribution < 1.29 is 0 Å². The molecule has 0 aliphatic carbocycles. The summed E-state index contributed by atoms with van der Waals surface area (Å²) in [5.74, 6) is 1.50. The standard InChI is InChI=1S/C13H18N6/c1-10-4-2-5-11(15-10)12-16-13(18-17-12)19-8-3-6-14-7-9-19/h2,4-5,14H,3,6-9H2,1H3,(H,16,17,18). The first-order chi connectivity index (χ1) is 9.33. The van der Waals surface area contributed by atoms with Crippen LogP contribution in [0.3, 0.4) is 0 Å². The first-order valence-corrected chi connectivity index (χ1v) is 6.65. The highest BCUT2D eigenvalue weighted by molar-refractivity contribution is 5.51. The van der Waals surface area contributed by atoms with E-state index in [9.17, 15) is 0 Å². The van der Waals surface area contributed by atoms with E-state index in [1.54, 1.807) is 0 Å². The monoisotopic (exact) mass is 258 g/mol. The van der Waals surface area contributed by atoms with E-state index >= 15 is 0 Å². The highest BCUT2D eigenvalue weighted by atomic mass is 15.4. The third-order valence-corrected chi connectivity index (χ3v) is 3.23. The van der Waals surface area contributed by atoms with E-state index in [1.165, 1.54) is 0 Å². The maximum atomic E-state index is 4.56. The molecule has 1 aliphatic heterocycles. The number of nitrogens with zero attached hydrogens (tertiary/aromatic N) is 4. The minimum Gasteiger partial charge on any atom is -0.338 e. The topological polar surface area (TPSA) is 69.7 Å². The maximum Gasteiger partial charge on any atom is 0.245 e. The minimum absolute atomic E-state index is 0.732. The molecule has 2 aromatic rings. The van der Waals surface area contributed by atoms with Crippen molar-refractivity contribution in [2.24, 2.45) is 0 Å². The van der Waals surface area contributed by atoms with Crippen molar-refractivity contribution in [2.75, 3.05) is 31.1 Å². The van der Waals surface area contributed by atoms with Gasteiger partial charge in [-0.3, -0.25) is 5.10 Å². The number of aromatic amines is 1. The van der Waals surface area contributed by atoms with Gasteiger partial charge in [0.2, 0.25) is 5.95 Å². The third kappa shape index (κ3) is 2.73. The van der Waals surface area contributed by atoms with Gasteiger partial charge in [0.25, 0.3) is 0 Å². The van der Waals surface area contributed by atoms with Crippen LogP contribution >= 0.6 is 0 Å². The van der Waals surface area contributed by atoms with Gasteiger partial charge < -0.3 is 10.2 Å². The van der Waals surface area contributed by atoms with E-state index in [-0.39, 0.29) is 0 Å². The van der Waals surface area contributed by atoms with Gasteiger partial charge in [-0.1, -0.05) is 6.07 Å². The normalized spacial score (nSPS) is 16.4. The predicted molar refractivity (Wildman–Crippen MR) is 74.1 cm³/mol. The first-order valence-electron chi connectivity index (χ1n) is 6.65. The van der Waals surface area contributed by atoms with Gasteiger partial charge in [0.05, 0.1) is 0 Å². The van der Waals surface area contributed by atoms with Crippen molar-refractivity contribution in [3.05, 3.63) is 23.9 Å². The molecule has 0 aromatic carbocycles. The second kappa shape index (κ2) is 5.36. The molecule has 1 fully saturated rings.